The van der Waals surface area contributed by atoms with Crippen LogP contribution in [0.1, 0.15) is 61.8 Å². The zero-order valence-corrected chi connectivity index (χ0v) is 19.8. The van der Waals surface area contributed by atoms with Crippen molar-refractivity contribution in [1.82, 2.24) is 24.5 Å². The van der Waals surface area contributed by atoms with Gasteiger partial charge in [-0.25, -0.2) is 4.98 Å². The highest BCUT2D eigenvalue weighted by Gasteiger charge is 2.33. The Labute approximate surface area is 197 Å². The lowest BCUT2D eigenvalue weighted by Gasteiger charge is -2.37. The summed E-state index contributed by atoms with van der Waals surface area (Å²) in [6, 6.07) is 5.69. The molecule has 1 amide bonds. The summed E-state index contributed by atoms with van der Waals surface area (Å²) in [4.78, 5) is 30.7. The van der Waals surface area contributed by atoms with E-state index in [-0.39, 0.29) is 29.2 Å². The van der Waals surface area contributed by atoms with E-state index in [2.05, 4.69) is 33.0 Å². The number of aromatic nitrogens is 4. The fraction of sp³-hybridized carbons (Fsp3) is 0.500. The number of nitrogens with one attached hydrogen (secondary N) is 3. The molecule has 2 fully saturated rings. The lowest BCUT2D eigenvalue weighted by atomic mass is 9.83. The van der Waals surface area contributed by atoms with Gasteiger partial charge < -0.3 is 25.3 Å². The normalized spacial score (nSPS) is 22.5. The summed E-state index contributed by atoms with van der Waals surface area (Å²) in [6.45, 7) is 2.10. The molecule has 0 radical (unpaired) electrons. The summed E-state index contributed by atoms with van der Waals surface area (Å²) in [5.74, 6) is 0.917. The van der Waals surface area contributed by atoms with Crippen molar-refractivity contribution >= 4 is 28.9 Å². The molecule has 0 unspecified atom stereocenters. The Bertz CT molecular complexity index is 1280. The highest BCUT2D eigenvalue weighted by Crippen LogP contribution is 2.36. The Morgan fingerprint density at radius 1 is 1.29 bits per heavy atom. The Morgan fingerprint density at radius 3 is 2.85 bits per heavy atom. The third-order valence-corrected chi connectivity index (χ3v) is 6.92. The van der Waals surface area contributed by atoms with Gasteiger partial charge in [0.25, 0.3) is 11.5 Å². The molecule has 0 bridgehead atoms. The molecule has 2 aliphatic carbocycles. The molecule has 5 rings (SSSR count). The minimum absolute atomic E-state index is 0.0730. The van der Waals surface area contributed by atoms with Crippen molar-refractivity contribution in [2.75, 3.05) is 24.8 Å². The van der Waals surface area contributed by atoms with E-state index in [9.17, 15) is 9.59 Å². The van der Waals surface area contributed by atoms with E-state index in [1.807, 2.05) is 12.3 Å². The SMILES string of the molecule is CNc1cc(Nc2cccn([C@H]3CCC[C@@](C)(OC)C3)c2=O)nc2c(C(=O)NC3CC3)cnn12. The van der Waals surface area contributed by atoms with Crippen molar-refractivity contribution in [2.45, 2.75) is 63.1 Å². The summed E-state index contributed by atoms with van der Waals surface area (Å²) < 4.78 is 9.11. The van der Waals surface area contributed by atoms with Gasteiger partial charge in [-0.05, 0) is 57.6 Å². The van der Waals surface area contributed by atoms with Gasteiger partial charge in [0.15, 0.2) is 5.65 Å². The molecule has 3 N–H and O–H groups in total. The van der Waals surface area contributed by atoms with E-state index < -0.39 is 0 Å². The van der Waals surface area contributed by atoms with Gasteiger partial charge in [-0.1, -0.05) is 0 Å². The first kappa shape index (κ1) is 22.4. The third-order valence-electron chi connectivity index (χ3n) is 6.92. The van der Waals surface area contributed by atoms with Crippen LogP contribution in [-0.2, 0) is 4.74 Å². The maximum Gasteiger partial charge on any atom is 0.274 e. The summed E-state index contributed by atoms with van der Waals surface area (Å²) in [7, 11) is 3.51. The van der Waals surface area contributed by atoms with E-state index in [1.165, 1.54) is 6.20 Å². The Morgan fingerprint density at radius 2 is 2.12 bits per heavy atom. The van der Waals surface area contributed by atoms with Gasteiger partial charge in [0.2, 0.25) is 0 Å². The topological polar surface area (TPSA) is 115 Å². The van der Waals surface area contributed by atoms with Crippen LogP contribution in [0.4, 0.5) is 17.3 Å². The highest BCUT2D eigenvalue weighted by molar-refractivity contribution is 6.00. The second-order valence-corrected chi connectivity index (χ2v) is 9.48. The average Bonchev–Trinajstić information content (AvgIpc) is 3.55. The van der Waals surface area contributed by atoms with Crippen LogP contribution in [0.15, 0.2) is 35.4 Å². The first-order chi connectivity index (χ1) is 16.4. The van der Waals surface area contributed by atoms with Gasteiger partial charge in [-0.2, -0.15) is 9.61 Å². The quantitative estimate of drug-likeness (QED) is 0.491. The number of nitrogens with zero attached hydrogens (tertiary/aromatic N) is 4. The first-order valence-electron chi connectivity index (χ1n) is 11.8. The van der Waals surface area contributed by atoms with Crippen molar-refractivity contribution in [1.29, 1.82) is 0 Å². The molecule has 0 aromatic carbocycles. The van der Waals surface area contributed by atoms with Gasteiger partial charge in [0.1, 0.15) is 22.9 Å². The van der Waals surface area contributed by atoms with E-state index in [0.29, 0.717) is 28.5 Å². The van der Waals surface area contributed by atoms with Crippen LogP contribution < -0.4 is 21.5 Å². The number of anilines is 3. The smallest absolute Gasteiger partial charge is 0.274 e. The molecule has 34 heavy (non-hydrogen) atoms. The standard InChI is InChI=1S/C24H31N7O3/c1-24(34-3)10-4-6-16(13-24)30-11-5-7-18(23(30)33)28-19-12-20(25-2)31-21(29-19)17(14-26-31)22(32)27-15-8-9-15/h5,7,11-12,14-16,25H,4,6,8-10,13H2,1-3H3,(H,27,32)(H,28,29)/t16-,24+/m0/s1. The van der Waals surface area contributed by atoms with Gasteiger partial charge >= 0.3 is 0 Å². The van der Waals surface area contributed by atoms with Crippen LogP contribution in [0.3, 0.4) is 0 Å². The molecule has 2 saturated carbocycles. The molecular formula is C24H31N7O3. The van der Waals surface area contributed by atoms with Gasteiger partial charge in [0.05, 0.1) is 11.8 Å². The van der Waals surface area contributed by atoms with E-state index in [1.54, 1.807) is 35.4 Å². The lowest BCUT2D eigenvalue weighted by Crippen LogP contribution is -2.38. The monoisotopic (exact) mass is 465 g/mol. The molecule has 10 nitrogen and oxygen atoms in total. The molecule has 2 aliphatic rings. The van der Waals surface area contributed by atoms with Gasteiger partial charge in [-0.15, -0.1) is 0 Å². The number of hydrogen-bond acceptors (Lipinski definition) is 7. The summed E-state index contributed by atoms with van der Waals surface area (Å²) >= 11 is 0. The molecule has 0 aliphatic heterocycles. The zero-order chi connectivity index (χ0) is 23.9. The number of carbonyl (C=O) groups excluding carboxylic acids is 1. The van der Waals surface area contributed by atoms with Crippen LogP contribution >= 0.6 is 0 Å². The number of pyridine rings is 1. The maximum atomic E-state index is 13.4. The Hall–Kier alpha value is -3.40. The number of hydrogen-bond donors (Lipinski definition) is 3. The number of ether oxygens (including phenoxy) is 1. The molecule has 3 heterocycles. The second kappa shape index (κ2) is 8.75. The molecule has 3 aromatic rings. The average molecular weight is 466 g/mol. The fourth-order valence-electron chi connectivity index (χ4n) is 4.72. The lowest BCUT2D eigenvalue weighted by molar-refractivity contribution is -0.0375. The van der Waals surface area contributed by atoms with Gasteiger partial charge in [0, 0.05) is 38.5 Å². The molecule has 180 valence electrons. The number of methoxy groups -OCH3 is 1. The van der Waals surface area contributed by atoms with E-state index in [0.717, 1.165) is 38.5 Å². The highest BCUT2D eigenvalue weighted by atomic mass is 16.5. The van der Waals surface area contributed by atoms with E-state index in [4.69, 9.17) is 4.74 Å². The maximum absolute atomic E-state index is 13.4. The molecule has 2 atom stereocenters. The number of fused-ring (bicyclic) bond motifs is 1. The number of rotatable bonds is 7. The minimum Gasteiger partial charge on any atom is -0.378 e. The third kappa shape index (κ3) is 4.25. The minimum atomic E-state index is -0.223. The van der Waals surface area contributed by atoms with Crippen LogP contribution in [-0.4, -0.2) is 50.9 Å². The van der Waals surface area contributed by atoms with Crippen LogP contribution in [0, 0.1) is 0 Å². The number of amides is 1. The van der Waals surface area contributed by atoms with Crippen molar-refractivity contribution in [3.05, 3.63) is 46.5 Å². The van der Waals surface area contributed by atoms with Crippen molar-refractivity contribution in [3.63, 3.8) is 0 Å². The molecule has 10 heteroatoms. The van der Waals surface area contributed by atoms with Crippen molar-refractivity contribution in [2.24, 2.45) is 0 Å². The molecule has 0 saturated heterocycles. The zero-order valence-electron chi connectivity index (χ0n) is 19.8. The molecular weight excluding hydrogens is 434 g/mol. The largest absolute Gasteiger partial charge is 0.378 e. The van der Waals surface area contributed by atoms with Crippen LogP contribution in [0.5, 0.6) is 0 Å². The molecule has 3 aromatic heterocycles. The summed E-state index contributed by atoms with van der Waals surface area (Å²) in [6.07, 6.45) is 9.08. The second-order valence-electron chi connectivity index (χ2n) is 9.48. The van der Waals surface area contributed by atoms with Gasteiger partial charge in [-0.3, -0.25) is 9.59 Å². The fourth-order valence-corrected chi connectivity index (χ4v) is 4.72. The van der Waals surface area contributed by atoms with Crippen LogP contribution in [0.2, 0.25) is 0 Å². The molecule has 0 spiro atoms. The summed E-state index contributed by atoms with van der Waals surface area (Å²) in [5, 5.41) is 13.6. The number of carbonyl (C=O) groups is 1. The first-order valence-corrected chi connectivity index (χ1v) is 11.8. The summed E-state index contributed by atoms with van der Waals surface area (Å²) in [5.41, 5.74) is 0.917. The Balaban J connectivity index is 1.46. The van der Waals surface area contributed by atoms with E-state index >= 15 is 0 Å². The predicted octanol–water partition coefficient (Wildman–Crippen LogP) is 3.09. The van der Waals surface area contributed by atoms with Crippen molar-refractivity contribution in [3.8, 4) is 0 Å². The van der Waals surface area contributed by atoms with Crippen molar-refractivity contribution < 1.29 is 9.53 Å². The van der Waals surface area contributed by atoms with Crippen LogP contribution in [0.25, 0.3) is 5.65 Å². The Kier molecular flexibility index (Phi) is 5.76. The predicted molar refractivity (Wildman–Crippen MR) is 130 cm³/mol.